The molecule has 2 amide bonds. The predicted octanol–water partition coefficient (Wildman–Crippen LogP) is 3.01. The number of nitrogens with one attached hydrogen (secondary N) is 2. The van der Waals surface area contributed by atoms with Crippen LogP contribution in [0.15, 0.2) is 35.2 Å². The van der Waals surface area contributed by atoms with Gasteiger partial charge in [0.2, 0.25) is 0 Å². The van der Waals surface area contributed by atoms with E-state index in [1.165, 1.54) is 12.3 Å². The average Bonchev–Trinajstić information content (AvgIpc) is 2.91. The Labute approximate surface area is 115 Å². The second-order valence-corrected chi connectivity index (χ2v) is 4.70. The molecule has 104 valence electrons. The molecule has 20 heavy (non-hydrogen) atoms. The molecule has 2 aromatic heterocycles. The van der Waals surface area contributed by atoms with Gasteiger partial charge in [-0.3, -0.25) is 4.98 Å². The Morgan fingerprint density at radius 2 is 2.35 bits per heavy atom. The van der Waals surface area contributed by atoms with Gasteiger partial charge in [0, 0.05) is 18.2 Å². The first-order valence-electron chi connectivity index (χ1n) is 6.47. The number of hydrogen-bond acceptors (Lipinski definition) is 3. The molecule has 6 heteroatoms. The summed E-state index contributed by atoms with van der Waals surface area (Å²) in [4.78, 5) is 15.6. The fourth-order valence-corrected chi connectivity index (χ4v) is 2.43. The van der Waals surface area contributed by atoms with E-state index in [2.05, 4.69) is 15.6 Å². The number of fused-ring (bicyclic) bond motifs is 1. The second kappa shape index (κ2) is 5.32. The van der Waals surface area contributed by atoms with E-state index in [0.717, 1.165) is 36.8 Å². The Balaban J connectivity index is 1.68. The van der Waals surface area contributed by atoms with Gasteiger partial charge < -0.3 is 15.1 Å². The molecule has 2 heterocycles. The number of carbonyl (C=O) groups is 1. The topological polar surface area (TPSA) is 67.2 Å². The first kappa shape index (κ1) is 12.7. The van der Waals surface area contributed by atoms with Crippen LogP contribution < -0.4 is 10.6 Å². The van der Waals surface area contributed by atoms with Crippen molar-refractivity contribution in [2.75, 3.05) is 5.32 Å². The standard InChI is InChI=1S/C14H14FN3O2/c15-10-8-16-6-4-12(10)18-14(19)17-11-2-1-3-13-9(11)5-7-20-13/h4-8,11H,1-3H2,(H2,16,17,18,19)/t11-/m0/s1. The highest BCUT2D eigenvalue weighted by molar-refractivity contribution is 5.89. The van der Waals surface area contributed by atoms with Crippen LogP contribution in [0.5, 0.6) is 0 Å². The van der Waals surface area contributed by atoms with Crippen LogP contribution in [0.2, 0.25) is 0 Å². The van der Waals surface area contributed by atoms with Gasteiger partial charge in [-0.2, -0.15) is 0 Å². The Morgan fingerprint density at radius 3 is 3.20 bits per heavy atom. The maximum atomic E-state index is 13.4. The summed E-state index contributed by atoms with van der Waals surface area (Å²) in [5, 5.41) is 5.32. The third kappa shape index (κ3) is 2.49. The molecule has 0 radical (unpaired) electrons. The van der Waals surface area contributed by atoms with Crippen molar-refractivity contribution in [2.24, 2.45) is 0 Å². The number of rotatable bonds is 2. The summed E-state index contributed by atoms with van der Waals surface area (Å²) < 4.78 is 18.8. The first-order chi connectivity index (χ1) is 9.74. The third-order valence-corrected chi connectivity index (χ3v) is 3.38. The highest BCUT2D eigenvalue weighted by Gasteiger charge is 2.24. The minimum atomic E-state index is -0.560. The van der Waals surface area contributed by atoms with Crippen LogP contribution in [0, 0.1) is 5.82 Å². The molecule has 0 aromatic carbocycles. The minimum Gasteiger partial charge on any atom is -0.469 e. The number of urea groups is 1. The Hall–Kier alpha value is -2.37. The normalized spacial score (nSPS) is 17.4. The second-order valence-electron chi connectivity index (χ2n) is 4.70. The fraction of sp³-hybridized carbons (Fsp3) is 0.286. The number of amides is 2. The summed E-state index contributed by atoms with van der Waals surface area (Å²) in [6, 6.07) is 2.75. The molecule has 5 nitrogen and oxygen atoms in total. The lowest BCUT2D eigenvalue weighted by atomic mass is 9.93. The van der Waals surface area contributed by atoms with Crippen molar-refractivity contribution in [2.45, 2.75) is 25.3 Å². The van der Waals surface area contributed by atoms with Gasteiger partial charge in [-0.15, -0.1) is 0 Å². The van der Waals surface area contributed by atoms with Crippen LogP contribution in [0.25, 0.3) is 0 Å². The van der Waals surface area contributed by atoms with Crippen molar-refractivity contribution in [1.29, 1.82) is 0 Å². The number of aryl methyl sites for hydroxylation is 1. The highest BCUT2D eigenvalue weighted by atomic mass is 19.1. The maximum Gasteiger partial charge on any atom is 0.319 e. The van der Waals surface area contributed by atoms with Crippen molar-refractivity contribution < 1.29 is 13.6 Å². The lowest BCUT2D eigenvalue weighted by Crippen LogP contribution is -2.34. The van der Waals surface area contributed by atoms with Crippen molar-refractivity contribution in [1.82, 2.24) is 10.3 Å². The number of aromatic nitrogens is 1. The van der Waals surface area contributed by atoms with Crippen LogP contribution in [0.3, 0.4) is 0 Å². The quantitative estimate of drug-likeness (QED) is 0.885. The van der Waals surface area contributed by atoms with Gasteiger partial charge in [0.05, 0.1) is 24.2 Å². The van der Waals surface area contributed by atoms with E-state index >= 15 is 0 Å². The molecule has 0 aliphatic heterocycles. The van der Waals surface area contributed by atoms with E-state index in [0.29, 0.717) is 0 Å². The van der Waals surface area contributed by atoms with Gasteiger partial charge in [-0.25, -0.2) is 9.18 Å². The summed E-state index contributed by atoms with van der Waals surface area (Å²) in [7, 11) is 0. The summed E-state index contributed by atoms with van der Waals surface area (Å²) in [5.41, 5.74) is 1.11. The summed E-state index contributed by atoms with van der Waals surface area (Å²) >= 11 is 0. The lowest BCUT2D eigenvalue weighted by Gasteiger charge is -2.22. The number of hydrogen-bond donors (Lipinski definition) is 2. The number of furan rings is 1. The summed E-state index contributed by atoms with van der Waals surface area (Å²) in [6.45, 7) is 0. The van der Waals surface area contributed by atoms with Gasteiger partial charge in [0.25, 0.3) is 0 Å². The predicted molar refractivity (Wildman–Crippen MR) is 70.7 cm³/mol. The number of nitrogens with zero attached hydrogens (tertiary/aromatic N) is 1. The van der Waals surface area contributed by atoms with E-state index in [4.69, 9.17) is 4.42 Å². The van der Waals surface area contributed by atoms with Gasteiger partial charge in [0.1, 0.15) is 5.76 Å². The smallest absolute Gasteiger partial charge is 0.319 e. The number of carbonyl (C=O) groups excluding carboxylic acids is 1. The van der Waals surface area contributed by atoms with Gasteiger partial charge in [-0.1, -0.05) is 0 Å². The van der Waals surface area contributed by atoms with E-state index in [9.17, 15) is 9.18 Å². The fourth-order valence-electron chi connectivity index (χ4n) is 2.43. The van der Waals surface area contributed by atoms with Gasteiger partial charge in [0.15, 0.2) is 5.82 Å². The molecule has 2 N–H and O–H groups in total. The molecule has 1 atom stereocenters. The van der Waals surface area contributed by atoms with Crippen molar-refractivity contribution >= 4 is 11.7 Å². The highest BCUT2D eigenvalue weighted by Crippen LogP contribution is 2.30. The zero-order valence-electron chi connectivity index (χ0n) is 10.7. The van der Waals surface area contributed by atoms with Crippen LogP contribution in [-0.4, -0.2) is 11.0 Å². The molecule has 0 spiro atoms. The summed E-state index contributed by atoms with van der Waals surface area (Å²) in [6.07, 6.45) is 6.80. The van der Waals surface area contributed by atoms with Crippen LogP contribution >= 0.6 is 0 Å². The molecule has 0 bridgehead atoms. The number of halogens is 1. The zero-order valence-corrected chi connectivity index (χ0v) is 10.7. The van der Waals surface area contributed by atoms with Crippen LogP contribution in [0.4, 0.5) is 14.9 Å². The van der Waals surface area contributed by atoms with Crippen molar-refractivity contribution in [3.63, 3.8) is 0 Å². The molecular formula is C14H14FN3O2. The molecule has 2 aromatic rings. The van der Waals surface area contributed by atoms with E-state index in [1.807, 2.05) is 6.07 Å². The zero-order chi connectivity index (χ0) is 13.9. The number of anilines is 1. The Morgan fingerprint density at radius 1 is 1.45 bits per heavy atom. The molecule has 0 fully saturated rings. The monoisotopic (exact) mass is 275 g/mol. The van der Waals surface area contributed by atoms with Crippen molar-refractivity contribution in [3.8, 4) is 0 Å². The van der Waals surface area contributed by atoms with Crippen molar-refractivity contribution in [3.05, 3.63) is 47.9 Å². The van der Waals surface area contributed by atoms with Gasteiger partial charge >= 0.3 is 6.03 Å². The average molecular weight is 275 g/mol. The Bertz CT molecular complexity index is 626. The van der Waals surface area contributed by atoms with Crippen LogP contribution in [0.1, 0.15) is 30.2 Å². The molecule has 0 saturated carbocycles. The van der Waals surface area contributed by atoms with E-state index in [1.54, 1.807) is 6.26 Å². The Kier molecular flexibility index (Phi) is 3.37. The molecule has 1 aliphatic rings. The number of pyridine rings is 1. The molecular weight excluding hydrogens is 261 g/mol. The maximum absolute atomic E-state index is 13.4. The van der Waals surface area contributed by atoms with Gasteiger partial charge in [-0.05, 0) is 25.0 Å². The minimum absolute atomic E-state index is 0.0950. The first-order valence-corrected chi connectivity index (χ1v) is 6.47. The summed E-state index contributed by atoms with van der Waals surface area (Å²) in [5.74, 6) is 0.354. The third-order valence-electron chi connectivity index (χ3n) is 3.38. The van der Waals surface area contributed by atoms with Crippen LogP contribution in [-0.2, 0) is 6.42 Å². The SMILES string of the molecule is O=C(Nc1ccncc1F)N[C@H]1CCCc2occc21. The molecule has 0 unspecified atom stereocenters. The lowest BCUT2D eigenvalue weighted by molar-refractivity contribution is 0.246. The molecule has 1 aliphatic carbocycles. The van der Waals surface area contributed by atoms with E-state index in [-0.39, 0.29) is 11.7 Å². The molecule has 3 rings (SSSR count). The molecule has 0 saturated heterocycles. The largest absolute Gasteiger partial charge is 0.469 e. The van der Waals surface area contributed by atoms with E-state index < -0.39 is 11.8 Å².